The molecule has 9 heteroatoms. The Morgan fingerprint density at radius 2 is 1.82 bits per heavy atom. The monoisotopic (exact) mass is 468 g/mol. The molecule has 0 aliphatic carbocycles. The number of amides is 3. The molecule has 0 bridgehead atoms. The van der Waals surface area contributed by atoms with Crippen LogP contribution in [0.25, 0.3) is 6.08 Å². The minimum Gasteiger partial charge on any atom is -0.493 e. The van der Waals surface area contributed by atoms with Crippen molar-refractivity contribution >= 4 is 40.9 Å². The molecule has 2 aromatic carbocycles. The van der Waals surface area contributed by atoms with Gasteiger partial charge in [0.15, 0.2) is 11.5 Å². The van der Waals surface area contributed by atoms with Gasteiger partial charge in [-0.05, 0) is 47.7 Å². The highest BCUT2D eigenvalue weighted by Crippen LogP contribution is 2.28. The molecule has 8 nitrogen and oxygen atoms in total. The van der Waals surface area contributed by atoms with Crippen molar-refractivity contribution in [3.63, 3.8) is 0 Å². The standard InChI is InChI=1S/C24H24N2O6S/c1-15(27)32-19-9-7-17(13-20(19)31-2)8-10-22(28)25-12-11-16-3-5-18(6-4-16)14-21-23(29)26-24(30)33-21/h3-10,13,21H,11-12,14H2,1-2H3,(H,25,28)(H,26,29,30)/t21-/m0/s1. The maximum atomic E-state index is 12.1. The van der Waals surface area contributed by atoms with Crippen LogP contribution in [0.3, 0.4) is 0 Å². The summed E-state index contributed by atoms with van der Waals surface area (Å²) in [5, 5.41) is 4.44. The van der Waals surface area contributed by atoms with Crippen LogP contribution in [0.1, 0.15) is 23.6 Å². The van der Waals surface area contributed by atoms with E-state index in [1.807, 2.05) is 24.3 Å². The lowest BCUT2D eigenvalue weighted by molar-refractivity contribution is -0.132. The first kappa shape index (κ1) is 24.1. The van der Waals surface area contributed by atoms with E-state index in [0.29, 0.717) is 30.9 Å². The molecule has 0 radical (unpaired) electrons. The lowest BCUT2D eigenvalue weighted by atomic mass is 10.1. The van der Waals surface area contributed by atoms with Crippen molar-refractivity contribution < 1.29 is 28.7 Å². The molecule has 0 unspecified atom stereocenters. The van der Waals surface area contributed by atoms with Gasteiger partial charge in [0.1, 0.15) is 0 Å². The van der Waals surface area contributed by atoms with Crippen LogP contribution < -0.4 is 20.1 Å². The highest BCUT2D eigenvalue weighted by atomic mass is 32.2. The fraction of sp³-hybridized carbons (Fsp3) is 0.250. The summed E-state index contributed by atoms with van der Waals surface area (Å²) in [5.74, 6) is -0.208. The third-order valence-electron chi connectivity index (χ3n) is 4.79. The van der Waals surface area contributed by atoms with Gasteiger partial charge in [0.25, 0.3) is 5.24 Å². The number of imide groups is 1. The molecule has 2 aromatic rings. The molecular weight excluding hydrogens is 444 g/mol. The zero-order chi connectivity index (χ0) is 23.8. The highest BCUT2D eigenvalue weighted by molar-refractivity contribution is 8.15. The molecule has 3 amide bonds. The Balaban J connectivity index is 1.45. The summed E-state index contributed by atoms with van der Waals surface area (Å²) in [6.07, 6.45) is 4.22. The fourth-order valence-corrected chi connectivity index (χ4v) is 4.03. The molecule has 1 atom stereocenters. The number of esters is 1. The van der Waals surface area contributed by atoms with Crippen molar-refractivity contribution in [2.24, 2.45) is 0 Å². The first-order valence-electron chi connectivity index (χ1n) is 10.3. The van der Waals surface area contributed by atoms with Crippen LogP contribution in [0.15, 0.2) is 48.5 Å². The lowest BCUT2D eigenvalue weighted by Gasteiger charge is -2.08. The van der Waals surface area contributed by atoms with Crippen LogP contribution in [-0.4, -0.2) is 41.9 Å². The summed E-state index contributed by atoms with van der Waals surface area (Å²) in [7, 11) is 1.47. The molecule has 1 saturated heterocycles. The van der Waals surface area contributed by atoms with E-state index < -0.39 is 5.97 Å². The SMILES string of the molecule is COc1cc(C=CC(=O)NCCc2ccc(C[C@@H]3SC(=O)NC3=O)cc2)ccc1OC(C)=O. The summed E-state index contributed by atoms with van der Waals surface area (Å²) >= 11 is 1.02. The van der Waals surface area contributed by atoms with Crippen molar-refractivity contribution in [3.8, 4) is 11.5 Å². The van der Waals surface area contributed by atoms with Gasteiger partial charge >= 0.3 is 5.97 Å². The van der Waals surface area contributed by atoms with Crippen molar-refractivity contribution in [1.82, 2.24) is 10.6 Å². The predicted molar refractivity (Wildman–Crippen MR) is 125 cm³/mol. The van der Waals surface area contributed by atoms with E-state index in [2.05, 4.69) is 10.6 Å². The predicted octanol–water partition coefficient (Wildman–Crippen LogP) is 2.89. The second-order valence-corrected chi connectivity index (χ2v) is 8.46. The molecule has 172 valence electrons. The van der Waals surface area contributed by atoms with Crippen LogP contribution >= 0.6 is 11.8 Å². The van der Waals surface area contributed by atoms with Gasteiger partial charge in [0.05, 0.1) is 12.4 Å². The second-order valence-electron chi connectivity index (χ2n) is 7.28. The van der Waals surface area contributed by atoms with Gasteiger partial charge in [-0.3, -0.25) is 24.5 Å². The molecule has 1 aliphatic heterocycles. The molecule has 2 N–H and O–H groups in total. The minimum atomic E-state index is -0.442. The number of hydrogen-bond acceptors (Lipinski definition) is 7. The zero-order valence-electron chi connectivity index (χ0n) is 18.3. The van der Waals surface area contributed by atoms with Crippen LogP contribution in [0.4, 0.5) is 4.79 Å². The highest BCUT2D eigenvalue weighted by Gasteiger charge is 2.31. The van der Waals surface area contributed by atoms with Gasteiger partial charge in [-0.25, -0.2) is 0 Å². The molecule has 3 rings (SSSR count). The average molecular weight is 469 g/mol. The molecule has 1 heterocycles. The van der Waals surface area contributed by atoms with E-state index >= 15 is 0 Å². The van der Waals surface area contributed by atoms with Crippen LogP contribution in [0.2, 0.25) is 0 Å². The Hall–Kier alpha value is -3.59. The van der Waals surface area contributed by atoms with E-state index in [1.54, 1.807) is 24.3 Å². The van der Waals surface area contributed by atoms with Gasteiger partial charge in [-0.2, -0.15) is 0 Å². The fourth-order valence-electron chi connectivity index (χ4n) is 3.17. The number of thioether (sulfide) groups is 1. The van der Waals surface area contributed by atoms with Crippen molar-refractivity contribution in [2.45, 2.75) is 25.0 Å². The number of rotatable bonds is 9. The van der Waals surface area contributed by atoms with Crippen LogP contribution in [0, 0.1) is 0 Å². The average Bonchev–Trinajstić information content (AvgIpc) is 3.10. The molecular formula is C24H24N2O6S. The normalized spacial score (nSPS) is 15.4. The van der Waals surface area contributed by atoms with E-state index in [9.17, 15) is 19.2 Å². The summed E-state index contributed by atoms with van der Waals surface area (Å²) in [6, 6.07) is 12.8. The summed E-state index contributed by atoms with van der Waals surface area (Å²) in [5.41, 5.74) is 2.75. The van der Waals surface area contributed by atoms with Crippen molar-refractivity contribution in [1.29, 1.82) is 0 Å². The van der Waals surface area contributed by atoms with E-state index in [-0.39, 0.29) is 22.3 Å². The van der Waals surface area contributed by atoms with Crippen molar-refractivity contribution in [2.75, 3.05) is 13.7 Å². The number of hydrogen-bond donors (Lipinski definition) is 2. The number of ether oxygens (including phenoxy) is 2. The Morgan fingerprint density at radius 3 is 2.45 bits per heavy atom. The largest absolute Gasteiger partial charge is 0.493 e. The van der Waals surface area contributed by atoms with E-state index in [1.165, 1.54) is 20.1 Å². The Bertz CT molecular complexity index is 1080. The number of nitrogens with one attached hydrogen (secondary N) is 2. The van der Waals surface area contributed by atoms with Crippen molar-refractivity contribution in [3.05, 3.63) is 65.2 Å². The second kappa shape index (κ2) is 11.3. The zero-order valence-corrected chi connectivity index (χ0v) is 19.1. The molecule has 33 heavy (non-hydrogen) atoms. The quantitative estimate of drug-likeness (QED) is 0.331. The molecule has 1 fully saturated rings. The maximum absolute atomic E-state index is 12.1. The Morgan fingerprint density at radius 1 is 1.09 bits per heavy atom. The maximum Gasteiger partial charge on any atom is 0.308 e. The van der Waals surface area contributed by atoms with Crippen LogP contribution in [0.5, 0.6) is 11.5 Å². The molecule has 0 aromatic heterocycles. The van der Waals surface area contributed by atoms with Gasteiger partial charge in [-0.1, -0.05) is 42.1 Å². The number of carbonyl (C=O) groups is 4. The summed E-state index contributed by atoms with van der Waals surface area (Å²) < 4.78 is 10.3. The van der Waals surface area contributed by atoms with Gasteiger partial charge in [0.2, 0.25) is 11.8 Å². The topological polar surface area (TPSA) is 111 Å². The molecule has 0 spiro atoms. The first-order valence-corrected chi connectivity index (χ1v) is 11.1. The van der Waals surface area contributed by atoms with E-state index in [4.69, 9.17) is 9.47 Å². The molecule has 0 saturated carbocycles. The van der Waals surface area contributed by atoms with Gasteiger partial charge in [0, 0.05) is 19.5 Å². The first-order chi connectivity index (χ1) is 15.8. The third-order valence-corrected chi connectivity index (χ3v) is 5.77. The Kier molecular flexibility index (Phi) is 8.26. The summed E-state index contributed by atoms with van der Waals surface area (Å²) in [6.45, 7) is 1.78. The van der Waals surface area contributed by atoms with Crippen LogP contribution in [-0.2, 0) is 27.2 Å². The van der Waals surface area contributed by atoms with Gasteiger partial charge < -0.3 is 14.8 Å². The third kappa shape index (κ3) is 7.21. The smallest absolute Gasteiger partial charge is 0.308 e. The Labute approximate surface area is 195 Å². The van der Waals surface area contributed by atoms with E-state index in [0.717, 1.165) is 28.5 Å². The lowest BCUT2D eigenvalue weighted by Crippen LogP contribution is -2.25. The minimum absolute atomic E-state index is 0.233. The molecule has 1 aliphatic rings. The number of carbonyl (C=O) groups excluding carboxylic acids is 4. The number of methoxy groups -OCH3 is 1. The number of benzene rings is 2. The summed E-state index contributed by atoms with van der Waals surface area (Å²) in [4.78, 5) is 46.2. The van der Waals surface area contributed by atoms with Gasteiger partial charge in [-0.15, -0.1) is 0 Å².